The molecule has 0 radical (unpaired) electrons. The van der Waals surface area contributed by atoms with Crippen molar-refractivity contribution in [3.05, 3.63) is 85.6 Å². The number of rotatable bonds is 7. The van der Waals surface area contributed by atoms with Crippen molar-refractivity contribution in [1.82, 2.24) is 9.55 Å². The Bertz CT molecular complexity index is 1740. The van der Waals surface area contributed by atoms with E-state index in [1.54, 1.807) is 0 Å². The summed E-state index contributed by atoms with van der Waals surface area (Å²) in [6, 6.07) is 6.61. The largest absolute Gasteiger partial charge is 0.419 e. The van der Waals surface area contributed by atoms with Crippen LogP contribution in [0.1, 0.15) is 28.5 Å². The first-order valence-corrected chi connectivity index (χ1v) is 13.2. The van der Waals surface area contributed by atoms with Crippen molar-refractivity contribution >= 4 is 50.0 Å². The van der Waals surface area contributed by atoms with Crippen LogP contribution >= 0.6 is 23.2 Å². The third-order valence-corrected chi connectivity index (χ3v) is 8.23. The molecule has 2 heterocycles. The molecule has 0 aliphatic heterocycles. The van der Waals surface area contributed by atoms with Gasteiger partial charge in [-0.2, -0.15) is 13.2 Å². The number of ether oxygens (including phenoxy) is 1. The maximum atomic E-state index is 13.7. The van der Waals surface area contributed by atoms with Crippen LogP contribution in [-0.2, 0) is 28.0 Å². The zero-order valence-corrected chi connectivity index (χ0v) is 22.8. The SMILES string of the molecule is COCN(c1cc(Cl)cnc1C(O)c1c(Cl)ccc2c1oc(=O)n2C)S(=O)(=O)c1ccc(C)c(C(F)(F)F)c1. The van der Waals surface area contributed by atoms with Crippen LogP contribution in [0, 0.1) is 6.92 Å². The van der Waals surface area contributed by atoms with Gasteiger partial charge in [0.1, 0.15) is 12.8 Å². The minimum Gasteiger partial charge on any atom is -0.407 e. The van der Waals surface area contributed by atoms with Crippen molar-refractivity contribution in [1.29, 1.82) is 0 Å². The number of nitrogens with zero attached hydrogens (tertiary/aromatic N) is 3. The molecule has 0 fully saturated rings. The first-order valence-electron chi connectivity index (χ1n) is 11.0. The number of alkyl halides is 3. The Morgan fingerprint density at radius 1 is 1.21 bits per heavy atom. The van der Waals surface area contributed by atoms with E-state index < -0.39 is 45.2 Å². The van der Waals surface area contributed by atoms with Crippen molar-refractivity contribution in [2.24, 2.45) is 7.05 Å². The summed E-state index contributed by atoms with van der Waals surface area (Å²) < 4.78 is 80.2. The minimum atomic E-state index is -4.81. The number of oxazole rings is 1. The van der Waals surface area contributed by atoms with Gasteiger partial charge in [-0.3, -0.25) is 9.55 Å². The molecular formula is C24H20Cl2F3N3O6S. The summed E-state index contributed by atoms with van der Waals surface area (Å²) in [5.41, 5.74) is -1.79. The van der Waals surface area contributed by atoms with Gasteiger partial charge in [-0.15, -0.1) is 0 Å². The maximum absolute atomic E-state index is 13.7. The molecule has 4 aromatic rings. The number of fused-ring (bicyclic) bond motifs is 1. The molecule has 0 saturated carbocycles. The van der Waals surface area contributed by atoms with Crippen LogP contribution in [0.2, 0.25) is 10.0 Å². The second-order valence-corrected chi connectivity index (χ2v) is 11.1. The molecule has 0 aliphatic carbocycles. The fourth-order valence-electron chi connectivity index (χ4n) is 4.01. The predicted molar refractivity (Wildman–Crippen MR) is 137 cm³/mol. The van der Waals surface area contributed by atoms with E-state index in [1.165, 1.54) is 37.8 Å². The summed E-state index contributed by atoms with van der Waals surface area (Å²) in [4.78, 5) is 15.5. The number of halogens is 5. The monoisotopic (exact) mass is 605 g/mol. The lowest BCUT2D eigenvalue weighted by atomic mass is 10.0. The van der Waals surface area contributed by atoms with Gasteiger partial charge in [-0.1, -0.05) is 29.3 Å². The highest BCUT2D eigenvalue weighted by atomic mass is 35.5. The lowest BCUT2D eigenvalue weighted by Crippen LogP contribution is -2.34. The molecule has 2 aromatic carbocycles. The fourth-order valence-corrected chi connectivity index (χ4v) is 5.83. The van der Waals surface area contributed by atoms with E-state index in [2.05, 4.69) is 4.98 Å². The zero-order chi connectivity index (χ0) is 28.9. The summed E-state index contributed by atoms with van der Waals surface area (Å²) in [6.45, 7) is 0.519. The Balaban J connectivity index is 1.94. The van der Waals surface area contributed by atoms with Gasteiger partial charge in [0.2, 0.25) is 0 Å². The second-order valence-electron chi connectivity index (χ2n) is 8.44. The molecule has 15 heteroatoms. The standard InChI is InChI=1S/C24H20Cl2F3N3O6S/c1-12-4-5-14(9-15(12)24(27,28)29)39(35,36)32(11-37-3)18-8-13(25)10-30-20(18)21(33)19-16(26)6-7-17-22(19)38-23(34)31(17)2/h4-10,21,33H,11H2,1-3H3. The molecule has 39 heavy (non-hydrogen) atoms. The smallest absolute Gasteiger partial charge is 0.407 e. The molecule has 0 amide bonds. The molecule has 1 unspecified atom stereocenters. The van der Waals surface area contributed by atoms with Crippen LogP contribution in [0.3, 0.4) is 0 Å². The van der Waals surface area contributed by atoms with Crippen molar-refractivity contribution in [3.63, 3.8) is 0 Å². The van der Waals surface area contributed by atoms with Gasteiger partial charge in [0, 0.05) is 20.4 Å². The van der Waals surface area contributed by atoms with Crippen LogP contribution < -0.4 is 10.1 Å². The first-order chi connectivity index (χ1) is 18.2. The molecule has 1 atom stereocenters. The highest BCUT2D eigenvalue weighted by molar-refractivity contribution is 7.92. The number of benzene rings is 2. The average molecular weight is 606 g/mol. The number of aliphatic hydroxyl groups is 1. The van der Waals surface area contributed by atoms with Crippen LogP contribution in [0.25, 0.3) is 11.1 Å². The van der Waals surface area contributed by atoms with Crippen LogP contribution in [-0.4, -0.2) is 36.9 Å². The number of aromatic nitrogens is 2. The van der Waals surface area contributed by atoms with Gasteiger partial charge in [0.05, 0.1) is 43.0 Å². The van der Waals surface area contributed by atoms with Gasteiger partial charge < -0.3 is 14.3 Å². The highest BCUT2D eigenvalue weighted by Gasteiger charge is 2.36. The number of hydrogen-bond acceptors (Lipinski definition) is 7. The van der Waals surface area contributed by atoms with E-state index >= 15 is 0 Å². The lowest BCUT2D eigenvalue weighted by molar-refractivity contribution is -0.138. The molecule has 4 rings (SSSR count). The number of hydrogen-bond donors (Lipinski definition) is 1. The lowest BCUT2D eigenvalue weighted by Gasteiger charge is -2.27. The molecule has 0 spiro atoms. The third kappa shape index (κ3) is 5.24. The molecule has 0 aliphatic rings. The number of aryl methyl sites for hydroxylation is 2. The number of aliphatic hydroxyl groups excluding tert-OH is 1. The first kappa shape index (κ1) is 28.9. The van der Waals surface area contributed by atoms with Crippen LogP contribution in [0.5, 0.6) is 0 Å². The Labute approximate surface area is 230 Å². The summed E-state index contributed by atoms with van der Waals surface area (Å²) in [7, 11) is -2.13. The van der Waals surface area contributed by atoms with Gasteiger partial charge >= 0.3 is 11.9 Å². The second kappa shape index (κ2) is 10.5. The highest BCUT2D eigenvalue weighted by Crippen LogP contribution is 2.40. The summed E-state index contributed by atoms with van der Waals surface area (Å²) >= 11 is 12.5. The van der Waals surface area contributed by atoms with E-state index in [0.717, 1.165) is 24.4 Å². The maximum Gasteiger partial charge on any atom is 0.419 e. The Morgan fingerprint density at radius 3 is 2.54 bits per heavy atom. The van der Waals surface area contributed by atoms with E-state index in [4.69, 9.17) is 32.4 Å². The molecule has 0 bridgehead atoms. The van der Waals surface area contributed by atoms with Crippen molar-refractivity contribution < 1.29 is 35.8 Å². The fraction of sp³-hybridized carbons (Fsp3) is 0.250. The average Bonchev–Trinajstić information content (AvgIpc) is 3.14. The van der Waals surface area contributed by atoms with E-state index in [1.807, 2.05) is 0 Å². The number of sulfonamides is 1. The van der Waals surface area contributed by atoms with E-state index in [-0.39, 0.29) is 43.7 Å². The van der Waals surface area contributed by atoms with Gasteiger partial charge in [0.25, 0.3) is 10.0 Å². The Morgan fingerprint density at radius 2 is 1.90 bits per heavy atom. The zero-order valence-electron chi connectivity index (χ0n) is 20.5. The van der Waals surface area contributed by atoms with Crippen LogP contribution in [0.4, 0.5) is 18.9 Å². The molecule has 9 nitrogen and oxygen atoms in total. The van der Waals surface area contributed by atoms with Crippen LogP contribution in [0.15, 0.2) is 56.7 Å². The third-order valence-electron chi connectivity index (χ3n) is 5.96. The Hall–Kier alpha value is -3.10. The number of methoxy groups -OCH3 is 1. The summed E-state index contributed by atoms with van der Waals surface area (Å²) in [5.74, 6) is -0.742. The molecular weight excluding hydrogens is 586 g/mol. The number of pyridine rings is 1. The number of anilines is 1. The van der Waals surface area contributed by atoms with Crippen molar-refractivity contribution in [2.45, 2.75) is 24.1 Å². The quantitative estimate of drug-likeness (QED) is 0.293. The minimum absolute atomic E-state index is 0.0263. The topological polar surface area (TPSA) is 115 Å². The molecule has 0 saturated heterocycles. The van der Waals surface area contributed by atoms with Crippen molar-refractivity contribution in [3.8, 4) is 0 Å². The van der Waals surface area contributed by atoms with Crippen molar-refractivity contribution in [2.75, 3.05) is 18.1 Å². The molecule has 208 valence electrons. The Kier molecular flexibility index (Phi) is 7.76. The van der Waals surface area contributed by atoms with E-state index in [9.17, 15) is 31.5 Å². The van der Waals surface area contributed by atoms with Gasteiger partial charge in [-0.25, -0.2) is 17.5 Å². The van der Waals surface area contributed by atoms with E-state index in [0.29, 0.717) is 10.4 Å². The normalized spacial score (nSPS) is 13.2. The van der Waals surface area contributed by atoms with Gasteiger partial charge in [0.15, 0.2) is 5.58 Å². The van der Waals surface area contributed by atoms with Gasteiger partial charge in [-0.05, 0) is 42.8 Å². The summed E-state index contributed by atoms with van der Waals surface area (Å²) in [6.07, 6.45) is -5.45. The predicted octanol–water partition coefficient (Wildman–Crippen LogP) is 5.04. The molecule has 2 aromatic heterocycles. The summed E-state index contributed by atoms with van der Waals surface area (Å²) in [5, 5.41) is 11.3. The molecule has 1 N–H and O–H groups in total.